The fraction of sp³-hybridized carbons (Fsp3) is 0.538. The SMILES string of the molecule is C[C@H](NS(C)(=O)=O)c1cc(=O)n2[nH]c(C(C)(C)C)cc2n1. The number of aromatic nitrogens is 3. The molecule has 2 rings (SSSR count). The molecule has 0 bridgehead atoms. The maximum atomic E-state index is 12.1. The van der Waals surface area contributed by atoms with Crippen molar-refractivity contribution < 1.29 is 8.42 Å². The second-order valence-corrected chi connectivity index (χ2v) is 8.02. The summed E-state index contributed by atoms with van der Waals surface area (Å²) in [5, 5.41) is 3.02. The molecular weight excluding hydrogens is 292 g/mol. The summed E-state index contributed by atoms with van der Waals surface area (Å²) in [6.07, 6.45) is 1.07. The van der Waals surface area contributed by atoms with E-state index < -0.39 is 16.1 Å². The van der Waals surface area contributed by atoms with Gasteiger partial charge in [0.25, 0.3) is 5.56 Å². The van der Waals surface area contributed by atoms with Crippen LogP contribution in [0.5, 0.6) is 0 Å². The summed E-state index contributed by atoms with van der Waals surface area (Å²) in [5.41, 5.74) is 1.34. The molecule has 0 aliphatic heterocycles. The Morgan fingerprint density at radius 3 is 2.48 bits per heavy atom. The quantitative estimate of drug-likeness (QED) is 0.881. The summed E-state index contributed by atoms with van der Waals surface area (Å²) < 4.78 is 26.3. The monoisotopic (exact) mass is 312 g/mol. The molecule has 0 saturated carbocycles. The maximum absolute atomic E-state index is 12.1. The van der Waals surface area contributed by atoms with Crippen LogP contribution in [0.3, 0.4) is 0 Å². The highest BCUT2D eigenvalue weighted by atomic mass is 32.2. The molecule has 0 aromatic carbocycles. The van der Waals surface area contributed by atoms with E-state index in [0.29, 0.717) is 11.3 Å². The van der Waals surface area contributed by atoms with Gasteiger partial charge in [0.2, 0.25) is 10.0 Å². The Labute approximate surface area is 123 Å². The van der Waals surface area contributed by atoms with E-state index in [-0.39, 0.29) is 11.0 Å². The lowest BCUT2D eigenvalue weighted by Crippen LogP contribution is -2.28. The molecule has 116 valence electrons. The van der Waals surface area contributed by atoms with Gasteiger partial charge in [-0.3, -0.25) is 9.89 Å². The molecule has 0 fully saturated rings. The van der Waals surface area contributed by atoms with E-state index in [1.807, 2.05) is 20.8 Å². The first kappa shape index (κ1) is 15.7. The molecule has 0 unspecified atom stereocenters. The van der Waals surface area contributed by atoms with E-state index in [2.05, 4.69) is 14.8 Å². The smallest absolute Gasteiger partial charge is 0.272 e. The third-order valence-corrected chi connectivity index (χ3v) is 3.89. The fourth-order valence-electron chi connectivity index (χ4n) is 2.00. The summed E-state index contributed by atoms with van der Waals surface area (Å²) in [5.74, 6) is 0. The topological polar surface area (TPSA) is 96.3 Å². The number of fused-ring (bicyclic) bond motifs is 1. The summed E-state index contributed by atoms with van der Waals surface area (Å²) in [4.78, 5) is 16.5. The van der Waals surface area contributed by atoms with Crippen LogP contribution < -0.4 is 10.3 Å². The standard InChI is InChI=1S/C13H20N4O3S/c1-8(16-21(5,19)20)9-6-12(18)17-11(14-9)7-10(15-17)13(2,3)4/h6-8,15-16H,1-5H3/t8-/m0/s1. The van der Waals surface area contributed by atoms with Crippen LogP contribution in [0.15, 0.2) is 16.9 Å². The fourth-order valence-corrected chi connectivity index (χ4v) is 2.76. The van der Waals surface area contributed by atoms with E-state index in [1.165, 1.54) is 10.6 Å². The maximum Gasteiger partial charge on any atom is 0.272 e. The summed E-state index contributed by atoms with van der Waals surface area (Å²) in [6.45, 7) is 7.73. The molecule has 2 heterocycles. The Morgan fingerprint density at radius 1 is 1.33 bits per heavy atom. The first-order chi connectivity index (χ1) is 9.47. The van der Waals surface area contributed by atoms with Gasteiger partial charge in [0.1, 0.15) is 0 Å². The van der Waals surface area contributed by atoms with Crippen molar-refractivity contribution in [3.8, 4) is 0 Å². The van der Waals surface area contributed by atoms with Gasteiger partial charge < -0.3 is 0 Å². The van der Waals surface area contributed by atoms with Crippen molar-refractivity contribution in [2.75, 3.05) is 6.26 Å². The number of hydrogen-bond donors (Lipinski definition) is 2. The molecule has 0 radical (unpaired) electrons. The normalized spacial score (nSPS) is 14.5. The molecule has 7 nitrogen and oxygen atoms in total. The summed E-state index contributed by atoms with van der Waals surface area (Å²) in [6, 6.07) is 2.57. The zero-order chi connectivity index (χ0) is 16.0. The Hall–Kier alpha value is -1.67. The predicted molar refractivity (Wildman–Crippen MR) is 80.9 cm³/mol. The lowest BCUT2D eigenvalue weighted by molar-refractivity contribution is 0.560. The van der Waals surface area contributed by atoms with Gasteiger partial charge in [-0.25, -0.2) is 22.6 Å². The molecule has 21 heavy (non-hydrogen) atoms. The largest absolute Gasteiger partial charge is 0.293 e. The number of hydrogen-bond acceptors (Lipinski definition) is 4. The average Bonchev–Trinajstić information content (AvgIpc) is 2.70. The number of aromatic amines is 1. The van der Waals surface area contributed by atoms with Crippen LogP contribution >= 0.6 is 0 Å². The highest BCUT2D eigenvalue weighted by Gasteiger charge is 2.19. The molecule has 2 aromatic rings. The Morgan fingerprint density at radius 2 is 1.95 bits per heavy atom. The van der Waals surface area contributed by atoms with Crippen LogP contribution in [0.4, 0.5) is 0 Å². The number of nitrogens with one attached hydrogen (secondary N) is 2. The molecule has 0 aliphatic carbocycles. The van der Waals surface area contributed by atoms with E-state index >= 15 is 0 Å². The minimum absolute atomic E-state index is 0.142. The third-order valence-electron chi connectivity index (χ3n) is 3.11. The van der Waals surface area contributed by atoms with Gasteiger partial charge in [-0.05, 0) is 6.92 Å². The highest BCUT2D eigenvalue weighted by molar-refractivity contribution is 7.88. The van der Waals surface area contributed by atoms with Crippen molar-refractivity contribution in [2.45, 2.75) is 39.2 Å². The minimum Gasteiger partial charge on any atom is -0.293 e. The molecule has 0 aliphatic rings. The number of rotatable bonds is 3. The van der Waals surface area contributed by atoms with E-state index in [1.54, 1.807) is 13.0 Å². The van der Waals surface area contributed by atoms with Gasteiger partial charge in [-0.1, -0.05) is 20.8 Å². The summed E-state index contributed by atoms with van der Waals surface area (Å²) in [7, 11) is -3.36. The van der Waals surface area contributed by atoms with E-state index in [0.717, 1.165) is 11.9 Å². The number of sulfonamides is 1. The summed E-state index contributed by atoms with van der Waals surface area (Å²) >= 11 is 0. The third kappa shape index (κ3) is 3.51. The van der Waals surface area contributed by atoms with Crippen LogP contribution in [0.25, 0.3) is 5.65 Å². The molecule has 8 heteroatoms. The van der Waals surface area contributed by atoms with Crippen molar-refractivity contribution in [3.05, 3.63) is 33.9 Å². The Bertz CT molecular complexity index is 827. The predicted octanol–water partition coefficient (Wildman–Crippen LogP) is 0.930. The zero-order valence-electron chi connectivity index (χ0n) is 12.8. The lowest BCUT2D eigenvalue weighted by atomic mass is 9.93. The molecular formula is C13H20N4O3S. The van der Waals surface area contributed by atoms with Crippen molar-refractivity contribution in [3.63, 3.8) is 0 Å². The van der Waals surface area contributed by atoms with E-state index in [4.69, 9.17) is 0 Å². The van der Waals surface area contributed by atoms with Crippen LogP contribution in [0, 0.1) is 0 Å². The minimum atomic E-state index is -3.36. The van der Waals surface area contributed by atoms with Crippen LogP contribution in [0.1, 0.15) is 45.1 Å². The van der Waals surface area contributed by atoms with Gasteiger partial charge >= 0.3 is 0 Å². The van der Waals surface area contributed by atoms with Crippen molar-refractivity contribution in [1.82, 2.24) is 19.3 Å². The Kier molecular flexibility index (Phi) is 3.71. The van der Waals surface area contributed by atoms with Crippen LogP contribution in [-0.4, -0.2) is 29.3 Å². The molecule has 2 N–H and O–H groups in total. The number of H-pyrrole nitrogens is 1. The van der Waals surface area contributed by atoms with Crippen molar-refractivity contribution >= 4 is 15.7 Å². The molecule has 0 spiro atoms. The zero-order valence-corrected chi connectivity index (χ0v) is 13.6. The van der Waals surface area contributed by atoms with Crippen LogP contribution in [0.2, 0.25) is 0 Å². The molecule has 0 saturated heterocycles. The van der Waals surface area contributed by atoms with Gasteiger partial charge in [0.05, 0.1) is 18.0 Å². The van der Waals surface area contributed by atoms with Crippen molar-refractivity contribution in [2.24, 2.45) is 0 Å². The van der Waals surface area contributed by atoms with Gasteiger partial charge in [-0.2, -0.15) is 0 Å². The first-order valence-corrected chi connectivity index (χ1v) is 8.47. The highest BCUT2D eigenvalue weighted by Crippen LogP contribution is 2.21. The Balaban J connectivity index is 2.52. The first-order valence-electron chi connectivity index (χ1n) is 6.58. The second-order valence-electron chi connectivity index (χ2n) is 6.24. The van der Waals surface area contributed by atoms with E-state index in [9.17, 15) is 13.2 Å². The lowest BCUT2D eigenvalue weighted by Gasteiger charge is -2.14. The number of nitrogens with zero attached hydrogens (tertiary/aromatic N) is 2. The van der Waals surface area contributed by atoms with Gasteiger partial charge in [0.15, 0.2) is 5.65 Å². The second kappa shape index (κ2) is 4.96. The van der Waals surface area contributed by atoms with Gasteiger partial charge in [-0.15, -0.1) is 0 Å². The van der Waals surface area contributed by atoms with Crippen LogP contribution in [-0.2, 0) is 15.4 Å². The van der Waals surface area contributed by atoms with Crippen molar-refractivity contribution in [1.29, 1.82) is 0 Å². The molecule has 0 amide bonds. The van der Waals surface area contributed by atoms with Gasteiger partial charge in [0, 0.05) is 23.2 Å². The molecule has 2 aromatic heterocycles. The average molecular weight is 312 g/mol. The molecule has 1 atom stereocenters.